The lowest BCUT2D eigenvalue weighted by atomic mass is 9.86. The first-order chi connectivity index (χ1) is 10.0. The lowest BCUT2D eigenvalue weighted by Crippen LogP contribution is -2.23. The lowest BCUT2D eigenvalue weighted by molar-refractivity contribution is 0.584. The maximum atomic E-state index is 4.09. The number of aromatic nitrogens is 2. The van der Waals surface area contributed by atoms with Crippen LogP contribution in [0.4, 0.5) is 0 Å². The predicted octanol–water partition coefficient (Wildman–Crippen LogP) is 4.28. The van der Waals surface area contributed by atoms with Crippen LogP contribution < -0.4 is 5.32 Å². The SMILES string of the molecule is CCNC(CSc1nncs1)c1ccc(C(C)(C)C)cc1. The van der Waals surface area contributed by atoms with E-state index < -0.39 is 0 Å². The normalized spacial score (nSPS) is 13.3. The molecule has 1 aromatic heterocycles. The van der Waals surface area contributed by atoms with Gasteiger partial charge in [0.1, 0.15) is 5.51 Å². The van der Waals surface area contributed by atoms with Crippen LogP contribution in [0, 0.1) is 0 Å². The summed E-state index contributed by atoms with van der Waals surface area (Å²) in [7, 11) is 0. The minimum absolute atomic E-state index is 0.202. The van der Waals surface area contributed by atoms with Crippen LogP contribution in [0.1, 0.15) is 44.9 Å². The van der Waals surface area contributed by atoms with Crippen LogP contribution in [0.5, 0.6) is 0 Å². The van der Waals surface area contributed by atoms with Gasteiger partial charge >= 0.3 is 0 Å². The van der Waals surface area contributed by atoms with Crippen molar-refractivity contribution in [3.05, 3.63) is 40.9 Å². The topological polar surface area (TPSA) is 37.8 Å². The van der Waals surface area contributed by atoms with Crippen molar-refractivity contribution in [2.75, 3.05) is 12.3 Å². The second kappa shape index (κ2) is 7.38. The molecule has 1 N–H and O–H groups in total. The monoisotopic (exact) mass is 321 g/mol. The zero-order chi connectivity index (χ0) is 15.3. The molecule has 21 heavy (non-hydrogen) atoms. The Morgan fingerprint density at radius 3 is 2.48 bits per heavy atom. The summed E-state index contributed by atoms with van der Waals surface area (Å²) in [5, 5.41) is 11.5. The number of thioether (sulfide) groups is 1. The molecule has 1 heterocycles. The second-order valence-electron chi connectivity index (χ2n) is 6.00. The van der Waals surface area contributed by atoms with Crippen molar-refractivity contribution >= 4 is 23.1 Å². The summed E-state index contributed by atoms with van der Waals surface area (Å²) < 4.78 is 1.03. The number of hydrogen-bond donors (Lipinski definition) is 1. The van der Waals surface area contributed by atoms with Crippen LogP contribution in [0.3, 0.4) is 0 Å². The largest absolute Gasteiger partial charge is 0.309 e. The quantitative estimate of drug-likeness (QED) is 0.806. The van der Waals surface area contributed by atoms with E-state index in [0.29, 0.717) is 6.04 Å². The average molecular weight is 322 g/mol. The minimum atomic E-state index is 0.202. The van der Waals surface area contributed by atoms with E-state index in [0.717, 1.165) is 16.6 Å². The Kier molecular flexibility index (Phi) is 5.79. The zero-order valence-electron chi connectivity index (χ0n) is 13.1. The van der Waals surface area contributed by atoms with Gasteiger partial charge in [-0.1, -0.05) is 75.1 Å². The van der Waals surface area contributed by atoms with Crippen LogP contribution in [0.2, 0.25) is 0 Å². The fourth-order valence-corrected chi connectivity index (χ4v) is 3.72. The van der Waals surface area contributed by atoms with E-state index in [1.54, 1.807) is 28.6 Å². The van der Waals surface area contributed by atoms with Crippen molar-refractivity contribution in [2.24, 2.45) is 0 Å². The third-order valence-electron chi connectivity index (χ3n) is 3.34. The molecule has 0 radical (unpaired) electrons. The minimum Gasteiger partial charge on any atom is -0.309 e. The molecule has 2 aromatic rings. The summed E-state index contributed by atoms with van der Waals surface area (Å²) in [4.78, 5) is 0. The van der Waals surface area contributed by atoms with E-state index in [1.807, 2.05) is 0 Å². The smallest absolute Gasteiger partial charge is 0.174 e. The molecule has 5 heteroatoms. The first kappa shape index (κ1) is 16.5. The zero-order valence-corrected chi connectivity index (χ0v) is 14.7. The third-order valence-corrected chi connectivity index (χ3v) is 5.30. The molecule has 0 aliphatic heterocycles. The van der Waals surface area contributed by atoms with E-state index in [1.165, 1.54) is 11.1 Å². The van der Waals surface area contributed by atoms with Crippen molar-refractivity contribution in [3.8, 4) is 0 Å². The Morgan fingerprint density at radius 1 is 1.24 bits per heavy atom. The molecule has 114 valence electrons. The maximum absolute atomic E-state index is 4.09. The molecule has 1 atom stereocenters. The van der Waals surface area contributed by atoms with E-state index in [-0.39, 0.29) is 5.41 Å². The molecular formula is C16H23N3S2. The van der Waals surface area contributed by atoms with Gasteiger partial charge in [-0.3, -0.25) is 0 Å². The molecule has 0 saturated heterocycles. The van der Waals surface area contributed by atoms with Gasteiger partial charge in [-0.05, 0) is 23.1 Å². The van der Waals surface area contributed by atoms with Gasteiger partial charge in [0.05, 0.1) is 0 Å². The van der Waals surface area contributed by atoms with Gasteiger partial charge in [0.2, 0.25) is 0 Å². The number of nitrogens with zero attached hydrogens (tertiary/aromatic N) is 2. The summed E-state index contributed by atoms with van der Waals surface area (Å²) in [6.07, 6.45) is 0. The highest BCUT2D eigenvalue weighted by atomic mass is 32.2. The highest BCUT2D eigenvalue weighted by Crippen LogP contribution is 2.28. The van der Waals surface area contributed by atoms with Gasteiger partial charge in [0.25, 0.3) is 0 Å². The molecule has 2 rings (SSSR count). The molecule has 1 aromatic carbocycles. The van der Waals surface area contributed by atoms with E-state index in [2.05, 4.69) is 67.5 Å². The van der Waals surface area contributed by atoms with Crippen LogP contribution in [-0.4, -0.2) is 22.5 Å². The average Bonchev–Trinajstić information content (AvgIpc) is 2.96. The van der Waals surface area contributed by atoms with Gasteiger partial charge in [-0.15, -0.1) is 10.2 Å². The van der Waals surface area contributed by atoms with Crippen LogP contribution in [0.25, 0.3) is 0 Å². The molecule has 3 nitrogen and oxygen atoms in total. The van der Waals surface area contributed by atoms with Crippen LogP contribution in [0.15, 0.2) is 34.1 Å². The van der Waals surface area contributed by atoms with E-state index >= 15 is 0 Å². The summed E-state index contributed by atoms with van der Waals surface area (Å²) in [6.45, 7) is 9.84. The summed E-state index contributed by atoms with van der Waals surface area (Å²) in [6, 6.07) is 9.33. The highest BCUT2D eigenvalue weighted by Gasteiger charge is 2.16. The summed E-state index contributed by atoms with van der Waals surface area (Å²) >= 11 is 3.36. The van der Waals surface area contributed by atoms with Gasteiger partial charge in [0, 0.05) is 11.8 Å². The molecule has 0 fully saturated rings. The number of benzene rings is 1. The first-order valence-corrected chi connectivity index (χ1v) is 9.10. The Balaban J connectivity index is 2.06. The number of rotatable bonds is 6. The maximum Gasteiger partial charge on any atom is 0.174 e. The Bertz CT molecular complexity index is 530. The molecule has 1 unspecified atom stereocenters. The van der Waals surface area contributed by atoms with E-state index in [4.69, 9.17) is 0 Å². The molecule has 0 spiro atoms. The molecular weight excluding hydrogens is 298 g/mol. The van der Waals surface area contributed by atoms with Gasteiger partial charge < -0.3 is 5.32 Å². The van der Waals surface area contributed by atoms with Crippen molar-refractivity contribution in [3.63, 3.8) is 0 Å². The number of hydrogen-bond acceptors (Lipinski definition) is 5. The third kappa shape index (κ3) is 4.80. The Morgan fingerprint density at radius 2 is 1.95 bits per heavy atom. The summed E-state index contributed by atoms with van der Waals surface area (Å²) in [5.41, 5.74) is 4.69. The second-order valence-corrected chi connectivity index (χ2v) is 8.10. The first-order valence-electron chi connectivity index (χ1n) is 7.23. The fraction of sp³-hybridized carbons (Fsp3) is 0.500. The fourth-order valence-electron chi connectivity index (χ4n) is 2.12. The predicted molar refractivity (Wildman–Crippen MR) is 92.2 cm³/mol. The standard InChI is InChI=1S/C16H23N3S2/c1-5-17-14(10-20-15-19-18-11-21-15)12-6-8-13(9-7-12)16(2,3)4/h6-9,11,14,17H,5,10H2,1-4H3. The molecule has 0 aliphatic carbocycles. The lowest BCUT2D eigenvalue weighted by Gasteiger charge is -2.22. The van der Waals surface area contributed by atoms with Gasteiger partial charge in [-0.2, -0.15) is 0 Å². The molecule has 0 amide bonds. The Hall–Kier alpha value is -0.910. The van der Waals surface area contributed by atoms with Crippen molar-refractivity contribution in [1.82, 2.24) is 15.5 Å². The van der Waals surface area contributed by atoms with Crippen molar-refractivity contribution in [2.45, 2.75) is 43.5 Å². The van der Waals surface area contributed by atoms with Crippen molar-refractivity contribution < 1.29 is 0 Å². The number of nitrogens with one attached hydrogen (secondary N) is 1. The Labute approximate surface area is 135 Å². The van der Waals surface area contributed by atoms with E-state index in [9.17, 15) is 0 Å². The van der Waals surface area contributed by atoms with Crippen LogP contribution in [-0.2, 0) is 5.41 Å². The highest BCUT2D eigenvalue weighted by molar-refractivity contribution is 8.01. The molecule has 0 aliphatic rings. The van der Waals surface area contributed by atoms with Gasteiger partial charge in [-0.25, -0.2) is 0 Å². The van der Waals surface area contributed by atoms with Crippen molar-refractivity contribution in [1.29, 1.82) is 0 Å². The summed E-state index contributed by atoms with van der Waals surface area (Å²) in [5.74, 6) is 0.970. The van der Waals surface area contributed by atoms with Crippen LogP contribution >= 0.6 is 23.1 Å². The molecule has 0 saturated carbocycles. The van der Waals surface area contributed by atoms with Gasteiger partial charge in [0.15, 0.2) is 4.34 Å². The molecule has 0 bridgehead atoms.